The number of aliphatic carboxylic acids is 1. The van der Waals surface area contributed by atoms with E-state index < -0.39 is 5.97 Å². The van der Waals surface area contributed by atoms with Crippen LogP contribution in [0.5, 0.6) is 0 Å². The van der Waals surface area contributed by atoms with Gasteiger partial charge in [-0.2, -0.15) is 0 Å². The van der Waals surface area contributed by atoms with Gasteiger partial charge < -0.3 is 10.4 Å². The van der Waals surface area contributed by atoms with Crippen molar-refractivity contribution in [3.8, 4) is 0 Å². The van der Waals surface area contributed by atoms with Gasteiger partial charge in [-0.1, -0.05) is 32.1 Å². The third-order valence-electron chi connectivity index (χ3n) is 4.30. The van der Waals surface area contributed by atoms with Gasteiger partial charge in [-0.3, -0.25) is 9.59 Å². The van der Waals surface area contributed by atoms with Crippen molar-refractivity contribution in [3.63, 3.8) is 0 Å². The Hall–Kier alpha value is -1.06. The predicted molar refractivity (Wildman–Crippen MR) is 68.1 cm³/mol. The molecule has 2 atom stereocenters. The molecule has 0 aromatic heterocycles. The van der Waals surface area contributed by atoms with Crippen molar-refractivity contribution in [3.05, 3.63) is 0 Å². The van der Waals surface area contributed by atoms with Gasteiger partial charge in [-0.25, -0.2) is 0 Å². The Kier molecular flexibility index (Phi) is 4.61. The van der Waals surface area contributed by atoms with E-state index in [1.807, 2.05) is 0 Å². The van der Waals surface area contributed by atoms with Crippen molar-refractivity contribution in [1.29, 1.82) is 0 Å². The Morgan fingerprint density at radius 1 is 1.17 bits per heavy atom. The Bertz CT molecular complexity index is 310. The molecule has 0 aliphatic heterocycles. The van der Waals surface area contributed by atoms with Crippen molar-refractivity contribution < 1.29 is 14.7 Å². The first-order chi connectivity index (χ1) is 8.68. The van der Waals surface area contributed by atoms with Gasteiger partial charge >= 0.3 is 5.97 Å². The summed E-state index contributed by atoms with van der Waals surface area (Å²) < 4.78 is 0. The highest BCUT2D eigenvalue weighted by atomic mass is 16.4. The van der Waals surface area contributed by atoms with Crippen molar-refractivity contribution in [2.24, 2.45) is 17.8 Å². The third-order valence-corrected chi connectivity index (χ3v) is 4.30. The number of rotatable bonds is 6. The molecule has 0 bridgehead atoms. The maximum absolute atomic E-state index is 11.8. The smallest absolute Gasteiger partial charge is 0.303 e. The van der Waals surface area contributed by atoms with E-state index in [-0.39, 0.29) is 18.2 Å². The molecule has 2 rings (SSSR count). The molecule has 102 valence electrons. The van der Waals surface area contributed by atoms with Crippen LogP contribution in [0.4, 0.5) is 0 Å². The molecule has 1 amide bonds. The molecule has 4 nitrogen and oxygen atoms in total. The second kappa shape index (κ2) is 6.21. The van der Waals surface area contributed by atoms with Crippen molar-refractivity contribution in [2.75, 3.05) is 6.54 Å². The van der Waals surface area contributed by atoms with Crippen LogP contribution in [-0.4, -0.2) is 23.5 Å². The zero-order valence-electron chi connectivity index (χ0n) is 10.9. The summed E-state index contributed by atoms with van der Waals surface area (Å²) in [5.74, 6) is 0.961. The standard InChI is InChI=1S/C14H23NO3/c16-13(17)7-4-8-15-14(18)12-9-11(12)10-5-2-1-3-6-10/h10-12H,1-9H2,(H,15,18)(H,16,17). The van der Waals surface area contributed by atoms with Crippen LogP contribution in [0.1, 0.15) is 51.4 Å². The van der Waals surface area contributed by atoms with Gasteiger partial charge in [-0.05, 0) is 24.7 Å². The van der Waals surface area contributed by atoms with Crippen molar-refractivity contribution in [2.45, 2.75) is 51.4 Å². The van der Waals surface area contributed by atoms with E-state index >= 15 is 0 Å². The molecule has 0 aromatic carbocycles. The SMILES string of the molecule is O=C(O)CCCNC(=O)C1CC1C1CCCCC1. The Morgan fingerprint density at radius 2 is 1.89 bits per heavy atom. The molecular weight excluding hydrogens is 230 g/mol. The second-order valence-corrected chi connectivity index (χ2v) is 5.69. The van der Waals surface area contributed by atoms with Crippen molar-refractivity contribution in [1.82, 2.24) is 5.32 Å². The van der Waals surface area contributed by atoms with Crippen LogP contribution in [0.25, 0.3) is 0 Å². The van der Waals surface area contributed by atoms with Crippen LogP contribution in [0, 0.1) is 17.8 Å². The minimum atomic E-state index is -0.796. The lowest BCUT2D eigenvalue weighted by molar-refractivity contribution is -0.137. The first kappa shape index (κ1) is 13.4. The summed E-state index contributed by atoms with van der Waals surface area (Å²) in [5, 5.41) is 11.4. The fraction of sp³-hybridized carbons (Fsp3) is 0.857. The van der Waals surface area contributed by atoms with Gasteiger partial charge in [0.25, 0.3) is 0 Å². The average molecular weight is 253 g/mol. The second-order valence-electron chi connectivity index (χ2n) is 5.69. The Morgan fingerprint density at radius 3 is 2.56 bits per heavy atom. The highest BCUT2D eigenvalue weighted by Gasteiger charge is 2.47. The van der Waals surface area contributed by atoms with Gasteiger partial charge in [0.15, 0.2) is 0 Å². The molecule has 4 heteroatoms. The first-order valence-electron chi connectivity index (χ1n) is 7.18. The van der Waals surface area contributed by atoms with E-state index in [9.17, 15) is 9.59 Å². The lowest BCUT2D eigenvalue weighted by Crippen LogP contribution is -2.27. The molecule has 2 aliphatic carbocycles. The summed E-state index contributed by atoms with van der Waals surface area (Å²) in [7, 11) is 0. The summed E-state index contributed by atoms with van der Waals surface area (Å²) in [6.45, 7) is 0.499. The van der Waals surface area contributed by atoms with E-state index in [0.717, 1.165) is 12.3 Å². The average Bonchev–Trinajstić information content (AvgIpc) is 3.15. The molecule has 2 saturated carbocycles. The number of hydrogen-bond donors (Lipinski definition) is 2. The molecular formula is C14H23NO3. The summed E-state index contributed by atoms with van der Waals surface area (Å²) >= 11 is 0. The number of hydrogen-bond acceptors (Lipinski definition) is 2. The minimum Gasteiger partial charge on any atom is -0.481 e. The molecule has 0 radical (unpaired) electrons. The van der Waals surface area contributed by atoms with Crippen LogP contribution in [0.3, 0.4) is 0 Å². The van der Waals surface area contributed by atoms with E-state index in [2.05, 4.69) is 5.32 Å². The van der Waals surface area contributed by atoms with E-state index in [1.54, 1.807) is 0 Å². The van der Waals surface area contributed by atoms with E-state index in [1.165, 1.54) is 32.1 Å². The number of carboxylic acids is 1. The zero-order valence-corrected chi connectivity index (χ0v) is 10.9. The third kappa shape index (κ3) is 3.72. The first-order valence-corrected chi connectivity index (χ1v) is 7.18. The number of carbonyl (C=O) groups excluding carboxylic acids is 1. The van der Waals surface area contributed by atoms with Gasteiger partial charge in [0.1, 0.15) is 0 Å². The van der Waals surface area contributed by atoms with Crippen LogP contribution < -0.4 is 5.32 Å². The molecule has 2 N–H and O–H groups in total. The predicted octanol–water partition coefficient (Wildman–Crippen LogP) is 2.18. The number of amides is 1. The summed E-state index contributed by atoms with van der Waals surface area (Å²) in [5.41, 5.74) is 0. The quantitative estimate of drug-likeness (QED) is 0.713. The molecule has 0 spiro atoms. The van der Waals surface area contributed by atoms with Gasteiger partial charge in [-0.15, -0.1) is 0 Å². The van der Waals surface area contributed by atoms with Crippen LogP contribution >= 0.6 is 0 Å². The summed E-state index contributed by atoms with van der Waals surface area (Å²) in [6.07, 6.45) is 8.33. The monoisotopic (exact) mass is 253 g/mol. The van der Waals surface area contributed by atoms with Crippen LogP contribution in [-0.2, 0) is 9.59 Å². The Balaban J connectivity index is 1.61. The van der Waals surface area contributed by atoms with Gasteiger partial charge in [0.05, 0.1) is 0 Å². The van der Waals surface area contributed by atoms with Gasteiger partial charge in [0, 0.05) is 18.9 Å². The molecule has 0 aromatic rings. The maximum Gasteiger partial charge on any atom is 0.303 e. The normalized spacial score (nSPS) is 27.8. The van der Waals surface area contributed by atoms with Crippen LogP contribution in [0.15, 0.2) is 0 Å². The lowest BCUT2D eigenvalue weighted by Gasteiger charge is -2.21. The highest BCUT2D eigenvalue weighted by Crippen LogP contribution is 2.49. The Labute approximate surface area is 108 Å². The number of nitrogens with one attached hydrogen (secondary N) is 1. The zero-order chi connectivity index (χ0) is 13.0. The molecule has 0 saturated heterocycles. The lowest BCUT2D eigenvalue weighted by atomic mass is 9.85. The molecule has 2 aliphatic rings. The maximum atomic E-state index is 11.8. The molecule has 2 fully saturated rings. The van der Waals surface area contributed by atoms with E-state index in [0.29, 0.717) is 18.9 Å². The fourth-order valence-electron chi connectivity index (χ4n) is 3.18. The van der Waals surface area contributed by atoms with Crippen LogP contribution in [0.2, 0.25) is 0 Å². The topological polar surface area (TPSA) is 66.4 Å². The highest BCUT2D eigenvalue weighted by molar-refractivity contribution is 5.81. The number of carboxylic acid groups (broad SMARTS) is 1. The van der Waals surface area contributed by atoms with E-state index in [4.69, 9.17) is 5.11 Å². The summed E-state index contributed by atoms with van der Waals surface area (Å²) in [4.78, 5) is 22.2. The fourth-order valence-corrected chi connectivity index (χ4v) is 3.18. The van der Waals surface area contributed by atoms with Crippen molar-refractivity contribution >= 4 is 11.9 Å². The van der Waals surface area contributed by atoms with Gasteiger partial charge in [0.2, 0.25) is 5.91 Å². The summed E-state index contributed by atoms with van der Waals surface area (Å²) in [6, 6.07) is 0. The minimum absolute atomic E-state index is 0.136. The largest absolute Gasteiger partial charge is 0.481 e. The number of carbonyl (C=O) groups is 2. The molecule has 0 heterocycles. The molecule has 18 heavy (non-hydrogen) atoms. The molecule has 2 unspecified atom stereocenters.